The molecule has 4 heteroatoms. The lowest BCUT2D eigenvalue weighted by Crippen LogP contribution is -2.44. The van der Waals surface area contributed by atoms with Gasteiger partial charge in [0, 0.05) is 25.2 Å². The van der Waals surface area contributed by atoms with Gasteiger partial charge in [-0.2, -0.15) is 0 Å². The molecule has 0 amide bonds. The fourth-order valence-electron chi connectivity index (χ4n) is 2.85. The van der Waals surface area contributed by atoms with Gasteiger partial charge < -0.3 is 10.1 Å². The number of esters is 1. The van der Waals surface area contributed by atoms with Crippen molar-refractivity contribution in [2.75, 3.05) is 26.2 Å². The fourth-order valence-corrected chi connectivity index (χ4v) is 2.85. The Morgan fingerprint density at radius 3 is 2.74 bits per heavy atom. The van der Waals surface area contributed by atoms with Gasteiger partial charge in [-0.25, -0.2) is 0 Å². The first-order valence-electron chi connectivity index (χ1n) is 7.82. The van der Waals surface area contributed by atoms with Crippen molar-refractivity contribution in [2.24, 2.45) is 5.92 Å². The van der Waals surface area contributed by atoms with Crippen LogP contribution in [0.3, 0.4) is 0 Å². The predicted molar refractivity (Wildman–Crippen MR) is 76.0 cm³/mol. The highest BCUT2D eigenvalue weighted by Crippen LogP contribution is 2.31. The average molecular weight is 268 g/mol. The van der Waals surface area contributed by atoms with Crippen LogP contribution >= 0.6 is 0 Å². The largest absolute Gasteiger partial charge is 0.466 e. The second kappa shape index (κ2) is 7.25. The van der Waals surface area contributed by atoms with Crippen molar-refractivity contribution in [3.63, 3.8) is 0 Å². The molecule has 0 radical (unpaired) electrons. The maximum Gasteiger partial charge on any atom is 0.307 e. The lowest BCUT2D eigenvalue weighted by Gasteiger charge is -2.31. The Kier molecular flexibility index (Phi) is 5.64. The number of rotatable bonds is 8. The van der Waals surface area contributed by atoms with E-state index in [1.54, 1.807) is 0 Å². The number of ether oxygens (including phenoxy) is 1. The van der Waals surface area contributed by atoms with Crippen LogP contribution < -0.4 is 5.32 Å². The molecule has 1 aliphatic carbocycles. The summed E-state index contributed by atoms with van der Waals surface area (Å²) in [5.41, 5.74) is 0. The molecule has 1 saturated carbocycles. The zero-order valence-corrected chi connectivity index (χ0v) is 12.4. The molecule has 0 bridgehead atoms. The van der Waals surface area contributed by atoms with Crippen LogP contribution in [0.1, 0.15) is 46.0 Å². The molecule has 0 spiro atoms. The van der Waals surface area contributed by atoms with Crippen molar-refractivity contribution in [3.8, 4) is 0 Å². The molecular weight excluding hydrogens is 240 g/mol. The minimum Gasteiger partial charge on any atom is -0.466 e. The van der Waals surface area contributed by atoms with Crippen molar-refractivity contribution in [3.05, 3.63) is 0 Å². The minimum absolute atomic E-state index is 0.0600. The van der Waals surface area contributed by atoms with E-state index in [9.17, 15) is 4.79 Å². The second-order valence-corrected chi connectivity index (χ2v) is 6.05. The highest BCUT2D eigenvalue weighted by Gasteiger charge is 2.29. The number of carbonyl (C=O) groups excluding carboxylic acids is 1. The van der Waals surface area contributed by atoms with E-state index in [-0.39, 0.29) is 5.97 Å². The first-order chi connectivity index (χ1) is 9.19. The van der Waals surface area contributed by atoms with E-state index in [0.29, 0.717) is 25.1 Å². The summed E-state index contributed by atoms with van der Waals surface area (Å²) in [6.45, 7) is 7.89. The lowest BCUT2D eigenvalue weighted by atomic mass is 10.1. The molecule has 19 heavy (non-hydrogen) atoms. The summed E-state index contributed by atoms with van der Waals surface area (Å²) in [7, 11) is 0. The molecule has 0 aromatic rings. The number of hydrogen-bond donors (Lipinski definition) is 1. The molecule has 2 aliphatic rings. The quantitative estimate of drug-likeness (QED) is 0.682. The number of carbonyl (C=O) groups is 1. The SMILES string of the molecule is CCOC(=O)CC(C)N(CC1CC1)CC1CCCN1. The van der Waals surface area contributed by atoms with E-state index in [2.05, 4.69) is 17.1 Å². The molecule has 1 heterocycles. The zero-order valence-electron chi connectivity index (χ0n) is 12.4. The Hall–Kier alpha value is -0.610. The Bertz CT molecular complexity index is 286. The van der Waals surface area contributed by atoms with Gasteiger partial charge in [0.25, 0.3) is 0 Å². The van der Waals surface area contributed by atoms with E-state index in [4.69, 9.17) is 4.74 Å². The van der Waals surface area contributed by atoms with Gasteiger partial charge in [-0.15, -0.1) is 0 Å². The maximum atomic E-state index is 11.6. The maximum absolute atomic E-state index is 11.6. The minimum atomic E-state index is -0.0600. The van der Waals surface area contributed by atoms with Crippen LogP contribution in [0.25, 0.3) is 0 Å². The topological polar surface area (TPSA) is 41.6 Å². The molecule has 2 fully saturated rings. The Labute approximate surface area is 116 Å². The Morgan fingerprint density at radius 1 is 1.37 bits per heavy atom. The lowest BCUT2D eigenvalue weighted by molar-refractivity contribution is -0.144. The highest BCUT2D eigenvalue weighted by molar-refractivity contribution is 5.70. The van der Waals surface area contributed by atoms with Crippen molar-refractivity contribution in [1.29, 1.82) is 0 Å². The van der Waals surface area contributed by atoms with Crippen LogP contribution in [-0.4, -0.2) is 49.2 Å². The Morgan fingerprint density at radius 2 is 2.16 bits per heavy atom. The third kappa shape index (κ3) is 5.11. The highest BCUT2D eigenvalue weighted by atomic mass is 16.5. The van der Waals surface area contributed by atoms with Crippen LogP contribution in [0.2, 0.25) is 0 Å². The third-order valence-electron chi connectivity index (χ3n) is 4.20. The van der Waals surface area contributed by atoms with Crippen molar-refractivity contribution in [2.45, 2.75) is 58.0 Å². The summed E-state index contributed by atoms with van der Waals surface area (Å²) in [5, 5.41) is 3.56. The first kappa shape index (κ1) is 14.8. The molecule has 2 atom stereocenters. The smallest absolute Gasteiger partial charge is 0.307 e. The molecule has 4 nitrogen and oxygen atoms in total. The van der Waals surface area contributed by atoms with Gasteiger partial charge in [-0.3, -0.25) is 9.69 Å². The van der Waals surface area contributed by atoms with Gasteiger partial charge >= 0.3 is 5.97 Å². The van der Waals surface area contributed by atoms with Gasteiger partial charge in [-0.1, -0.05) is 0 Å². The van der Waals surface area contributed by atoms with Crippen LogP contribution in [0.4, 0.5) is 0 Å². The number of nitrogens with zero attached hydrogens (tertiary/aromatic N) is 1. The molecular formula is C15H28N2O2. The third-order valence-corrected chi connectivity index (χ3v) is 4.20. The summed E-state index contributed by atoms with van der Waals surface area (Å²) in [5.74, 6) is 0.807. The van der Waals surface area contributed by atoms with Crippen molar-refractivity contribution < 1.29 is 9.53 Å². The van der Waals surface area contributed by atoms with Gasteiger partial charge in [0.05, 0.1) is 13.0 Å². The van der Waals surface area contributed by atoms with Crippen LogP contribution in [0, 0.1) is 5.92 Å². The summed E-state index contributed by atoms with van der Waals surface area (Å²) in [6, 6.07) is 0.908. The molecule has 110 valence electrons. The van der Waals surface area contributed by atoms with Gasteiger partial charge in [-0.05, 0) is 52.0 Å². The van der Waals surface area contributed by atoms with Crippen LogP contribution in [0.15, 0.2) is 0 Å². The summed E-state index contributed by atoms with van der Waals surface area (Å²) < 4.78 is 5.07. The average Bonchev–Trinajstić information content (AvgIpc) is 3.03. The van der Waals surface area contributed by atoms with Crippen molar-refractivity contribution in [1.82, 2.24) is 10.2 Å². The normalized spacial score (nSPS) is 24.7. The fraction of sp³-hybridized carbons (Fsp3) is 0.933. The molecule has 1 saturated heterocycles. The number of nitrogens with one attached hydrogen (secondary N) is 1. The van der Waals surface area contributed by atoms with E-state index in [0.717, 1.165) is 25.6 Å². The van der Waals surface area contributed by atoms with E-state index < -0.39 is 0 Å². The molecule has 2 unspecified atom stereocenters. The van der Waals surface area contributed by atoms with Crippen molar-refractivity contribution >= 4 is 5.97 Å². The molecule has 1 N–H and O–H groups in total. The molecule has 2 rings (SSSR count). The number of hydrogen-bond acceptors (Lipinski definition) is 4. The van der Waals surface area contributed by atoms with E-state index in [1.165, 1.54) is 25.7 Å². The standard InChI is InChI=1S/C15H28N2O2/c1-3-19-15(18)9-12(2)17(10-13-6-7-13)11-14-5-4-8-16-14/h12-14,16H,3-11H2,1-2H3. The summed E-state index contributed by atoms with van der Waals surface area (Å²) >= 11 is 0. The van der Waals surface area contributed by atoms with Gasteiger partial charge in [0.15, 0.2) is 0 Å². The van der Waals surface area contributed by atoms with Crippen LogP contribution in [-0.2, 0) is 9.53 Å². The predicted octanol–water partition coefficient (Wildman–Crippen LogP) is 1.79. The van der Waals surface area contributed by atoms with Gasteiger partial charge in [0.1, 0.15) is 0 Å². The van der Waals surface area contributed by atoms with E-state index >= 15 is 0 Å². The van der Waals surface area contributed by atoms with Crippen LogP contribution in [0.5, 0.6) is 0 Å². The first-order valence-corrected chi connectivity index (χ1v) is 7.82. The molecule has 0 aromatic heterocycles. The summed E-state index contributed by atoms with van der Waals surface area (Å²) in [6.07, 6.45) is 5.80. The molecule has 0 aromatic carbocycles. The summed E-state index contributed by atoms with van der Waals surface area (Å²) in [4.78, 5) is 14.1. The Balaban J connectivity index is 1.81. The zero-order chi connectivity index (χ0) is 13.7. The molecule has 1 aliphatic heterocycles. The monoisotopic (exact) mass is 268 g/mol. The van der Waals surface area contributed by atoms with Gasteiger partial charge in [0.2, 0.25) is 0 Å². The second-order valence-electron chi connectivity index (χ2n) is 6.05. The van der Waals surface area contributed by atoms with E-state index in [1.807, 2.05) is 6.92 Å².